The van der Waals surface area contributed by atoms with E-state index in [0.717, 1.165) is 27.6 Å². The van der Waals surface area contributed by atoms with Gasteiger partial charge in [-0.3, -0.25) is 4.79 Å². The third-order valence-corrected chi connectivity index (χ3v) is 6.17. The number of rotatable bonds is 6. The van der Waals surface area contributed by atoms with Crippen LogP contribution in [-0.2, 0) is 0 Å². The van der Waals surface area contributed by atoms with Gasteiger partial charge >= 0.3 is 0 Å². The van der Waals surface area contributed by atoms with Crippen molar-refractivity contribution in [3.8, 4) is 11.5 Å². The Bertz CT molecular complexity index is 1360. The molecule has 0 aliphatic rings. The minimum absolute atomic E-state index is 0.0102. The Morgan fingerprint density at radius 3 is 2.61 bits per heavy atom. The van der Waals surface area contributed by atoms with Gasteiger partial charge in [-0.1, -0.05) is 66.2 Å². The molecule has 5 rings (SSSR count). The Kier molecular flexibility index (Phi) is 5.14. The summed E-state index contributed by atoms with van der Waals surface area (Å²) in [6, 6.07) is 25.4. The smallest absolute Gasteiger partial charge is 0.277 e. The molecule has 0 saturated carbocycles. The Morgan fingerprint density at radius 1 is 0.968 bits per heavy atom. The van der Waals surface area contributed by atoms with Crippen molar-refractivity contribution >= 4 is 28.4 Å². The first-order valence-corrected chi connectivity index (χ1v) is 10.8. The van der Waals surface area contributed by atoms with Gasteiger partial charge in [-0.2, -0.15) is 0 Å². The molecule has 0 spiro atoms. The largest absolute Gasteiger partial charge is 0.411 e. The molecular weight excluding hydrogens is 406 g/mol. The number of carbonyl (C=O) groups is 1. The predicted molar refractivity (Wildman–Crippen MR) is 122 cm³/mol. The monoisotopic (exact) mass is 425 g/mol. The standard InChI is InChI=1S/C25H19N3O2S/c1-16-8-7-11-18(14-16)24-27-28-25(30-24)31-23(17-9-3-2-4-10-17)22(29)20-15-26-21-13-6-5-12-19(20)21/h2-15,23,26H,1H3. The Balaban J connectivity index is 1.50. The number of Topliss-reactive ketones (excluding diaryl/α,β-unsaturated/α-hetero) is 1. The van der Waals surface area contributed by atoms with E-state index in [1.54, 1.807) is 6.20 Å². The van der Waals surface area contributed by atoms with Gasteiger partial charge in [0.05, 0.1) is 0 Å². The van der Waals surface area contributed by atoms with Crippen LogP contribution in [0.15, 0.2) is 94.7 Å². The normalized spacial score (nSPS) is 12.2. The molecule has 31 heavy (non-hydrogen) atoms. The molecule has 0 aliphatic carbocycles. The molecule has 152 valence electrons. The summed E-state index contributed by atoms with van der Waals surface area (Å²) in [7, 11) is 0. The van der Waals surface area contributed by atoms with E-state index in [0.29, 0.717) is 16.7 Å². The van der Waals surface area contributed by atoms with Crippen LogP contribution in [0.1, 0.15) is 26.7 Å². The van der Waals surface area contributed by atoms with E-state index in [9.17, 15) is 4.79 Å². The lowest BCUT2D eigenvalue weighted by Gasteiger charge is -2.13. The fourth-order valence-corrected chi connectivity index (χ4v) is 4.51. The summed E-state index contributed by atoms with van der Waals surface area (Å²) in [4.78, 5) is 16.8. The lowest BCUT2D eigenvalue weighted by atomic mass is 10.0. The van der Waals surface area contributed by atoms with Crippen LogP contribution in [0.25, 0.3) is 22.4 Å². The van der Waals surface area contributed by atoms with Crippen molar-refractivity contribution in [2.24, 2.45) is 0 Å². The number of aromatic nitrogens is 3. The number of H-pyrrole nitrogens is 1. The maximum Gasteiger partial charge on any atom is 0.277 e. The first-order chi connectivity index (χ1) is 15.2. The van der Waals surface area contributed by atoms with Gasteiger partial charge in [0.1, 0.15) is 5.25 Å². The molecule has 1 atom stereocenters. The first-order valence-electron chi connectivity index (χ1n) is 9.91. The molecule has 0 aliphatic heterocycles. The van der Waals surface area contributed by atoms with Crippen molar-refractivity contribution in [1.29, 1.82) is 0 Å². The van der Waals surface area contributed by atoms with Gasteiger partial charge in [0, 0.05) is 28.2 Å². The van der Waals surface area contributed by atoms with Crippen LogP contribution in [0, 0.1) is 6.92 Å². The molecule has 6 heteroatoms. The van der Waals surface area contributed by atoms with Crippen molar-refractivity contribution in [2.75, 3.05) is 0 Å². The second kappa shape index (κ2) is 8.24. The van der Waals surface area contributed by atoms with E-state index >= 15 is 0 Å². The molecule has 3 aromatic carbocycles. The number of ketones is 1. The number of nitrogens with zero attached hydrogens (tertiary/aromatic N) is 2. The number of carbonyl (C=O) groups excluding carboxylic acids is 1. The Labute approximate surface area is 183 Å². The van der Waals surface area contributed by atoms with Crippen LogP contribution in [0.4, 0.5) is 0 Å². The van der Waals surface area contributed by atoms with Crippen molar-refractivity contribution in [2.45, 2.75) is 17.4 Å². The summed E-state index contributed by atoms with van der Waals surface area (Å²) >= 11 is 1.27. The summed E-state index contributed by atoms with van der Waals surface area (Å²) in [5.74, 6) is 0.432. The van der Waals surface area contributed by atoms with E-state index in [4.69, 9.17) is 4.42 Å². The van der Waals surface area contributed by atoms with Gasteiger partial charge in [0.2, 0.25) is 5.89 Å². The molecule has 1 unspecified atom stereocenters. The molecule has 5 nitrogen and oxygen atoms in total. The molecule has 0 bridgehead atoms. The second-order valence-electron chi connectivity index (χ2n) is 7.26. The minimum Gasteiger partial charge on any atom is -0.411 e. The summed E-state index contributed by atoms with van der Waals surface area (Å²) in [5, 5.41) is 9.15. The highest BCUT2D eigenvalue weighted by Crippen LogP contribution is 2.39. The summed E-state index contributed by atoms with van der Waals surface area (Å²) in [6.07, 6.45) is 1.77. The van der Waals surface area contributed by atoms with Crippen LogP contribution in [0.5, 0.6) is 0 Å². The quantitative estimate of drug-likeness (QED) is 0.257. The molecule has 0 amide bonds. The number of benzene rings is 3. The zero-order valence-electron chi connectivity index (χ0n) is 16.8. The average Bonchev–Trinajstić information content (AvgIpc) is 3.45. The Morgan fingerprint density at radius 2 is 1.77 bits per heavy atom. The van der Waals surface area contributed by atoms with Crippen molar-refractivity contribution < 1.29 is 9.21 Å². The number of hydrogen-bond acceptors (Lipinski definition) is 5. The highest BCUT2D eigenvalue weighted by Gasteiger charge is 2.27. The van der Waals surface area contributed by atoms with E-state index in [2.05, 4.69) is 15.2 Å². The lowest BCUT2D eigenvalue weighted by Crippen LogP contribution is -2.09. The fourth-order valence-electron chi connectivity index (χ4n) is 3.57. The van der Waals surface area contributed by atoms with Crippen molar-refractivity contribution in [3.63, 3.8) is 0 Å². The predicted octanol–water partition coefficient (Wildman–Crippen LogP) is 6.24. The number of aryl methyl sites for hydroxylation is 1. The zero-order valence-corrected chi connectivity index (χ0v) is 17.6. The number of para-hydroxylation sites is 1. The fraction of sp³-hybridized carbons (Fsp3) is 0.0800. The number of hydrogen-bond donors (Lipinski definition) is 1. The summed E-state index contributed by atoms with van der Waals surface area (Å²) < 4.78 is 5.91. The third-order valence-electron chi connectivity index (χ3n) is 5.09. The average molecular weight is 426 g/mol. The molecule has 5 aromatic rings. The van der Waals surface area contributed by atoms with E-state index in [1.165, 1.54) is 11.8 Å². The van der Waals surface area contributed by atoms with Gasteiger partial charge < -0.3 is 9.40 Å². The van der Waals surface area contributed by atoms with Crippen molar-refractivity contribution in [1.82, 2.24) is 15.2 Å². The number of nitrogens with one attached hydrogen (secondary N) is 1. The molecule has 2 aromatic heterocycles. The highest BCUT2D eigenvalue weighted by molar-refractivity contribution is 8.00. The molecule has 2 heterocycles. The van der Waals surface area contributed by atoms with Crippen LogP contribution in [0.2, 0.25) is 0 Å². The van der Waals surface area contributed by atoms with Crippen LogP contribution in [0.3, 0.4) is 0 Å². The topological polar surface area (TPSA) is 71.8 Å². The van der Waals surface area contributed by atoms with Gasteiger partial charge in [-0.05, 0) is 42.4 Å². The van der Waals surface area contributed by atoms with Crippen LogP contribution in [-0.4, -0.2) is 21.0 Å². The number of thioether (sulfide) groups is 1. The second-order valence-corrected chi connectivity index (χ2v) is 8.32. The Hall–Kier alpha value is -3.64. The van der Waals surface area contributed by atoms with E-state index < -0.39 is 5.25 Å². The van der Waals surface area contributed by atoms with Crippen LogP contribution < -0.4 is 0 Å². The van der Waals surface area contributed by atoms with E-state index in [1.807, 2.05) is 85.8 Å². The van der Waals surface area contributed by atoms with Gasteiger partial charge in [0.25, 0.3) is 5.22 Å². The van der Waals surface area contributed by atoms with Gasteiger partial charge in [-0.15, -0.1) is 10.2 Å². The van der Waals surface area contributed by atoms with Crippen molar-refractivity contribution in [3.05, 3.63) is 102 Å². The number of aromatic amines is 1. The van der Waals surface area contributed by atoms with Gasteiger partial charge in [-0.25, -0.2) is 0 Å². The first kappa shape index (κ1) is 19.3. The number of fused-ring (bicyclic) bond motifs is 1. The minimum atomic E-state index is -0.508. The SMILES string of the molecule is Cc1cccc(-c2nnc(SC(C(=O)c3c[nH]c4ccccc34)c3ccccc3)o2)c1. The van der Waals surface area contributed by atoms with Crippen LogP contribution >= 0.6 is 11.8 Å². The molecule has 0 saturated heterocycles. The zero-order chi connectivity index (χ0) is 21.2. The lowest BCUT2D eigenvalue weighted by molar-refractivity contribution is 0.0990. The summed E-state index contributed by atoms with van der Waals surface area (Å²) in [6.45, 7) is 2.01. The molecule has 0 fully saturated rings. The maximum absolute atomic E-state index is 13.6. The van der Waals surface area contributed by atoms with Gasteiger partial charge in [0.15, 0.2) is 5.78 Å². The van der Waals surface area contributed by atoms with E-state index in [-0.39, 0.29) is 5.78 Å². The third kappa shape index (κ3) is 3.90. The molecule has 0 radical (unpaired) electrons. The summed E-state index contributed by atoms with van der Waals surface area (Å²) in [5.41, 5.74) is 4.44. The maximum atomic E-state index is 13.6. The molecule has 1 N–H and O–H groups in total. The molecular formula is C25H19N3O2S. The highest BCUT2D eigenvalue weighted by atomic mass is 32.2.